The van der Waals surface area contributed by atoms with Crippen LogP contribution in [-0.2, 0) is 4.79 Å². The molecule has 1 aromatic heterocycles. The average Bonchev–Trinajstić information content (AvgIpc) is 2.28. The first-order valence-corrected chi connectivity index (χ1v) is 5.95. The van der Waals surface area contributed by atoms with Crippen molar-refractivity contribution in [3.8, 4) is 0 Å². The zero-order chi connectivity index (χ0) is 12.4. The number of hydrogen-bond donors (Lipinski definition) is 0. The van der Waals surface area contributed by atoms with E-state index in [0.29, 0.717) is 24.2 Å². The van der Waals surface area contributed by atoms with Gasteiger partial charge in [0.25, 0.3) is 0 Å². The van der Waals surface area contributed by atoms with E-state index < -0.39 is 0 Å². The number of aromatic nitrogens is 2. The van der Waals surface area contributed by atoms with E-state index in [4.69, 9.17) is 11.6 Å². The number of anilines is 1. The fourth-order valence-electron chi connectivity index (χ4n) is 1.88. The molecule has 0 saturated carbocycles. The van der Waals surface area contributed by atoms with Gasteiger partial charge >= 0.3 is 0 Å². The summed E-state index contributed by atoms with van der Waals surface area (Å²) >= 11 is 5.91. The largest absolute Gasteiger partial charge is 0.339 e. The van der Waals surface area contributed by atoms with Crippen LogP contribution in [0.4, 0.5) is 5.95 Å². The highest BCUT2D eigenvalue weighted by molar-refractivity contribution is 6.29. The van der Waals surface area contributed by atoms with Gasteiger partial charge in [0.05, 0.1) is 0 Å². The number of carbonyl (C=O) groups excluding carboxylic acids is 1. The van der Waals surface area contributed by atoms with E-state index >= 15 is 0 Å². The van der Waals surface area contributed by atoms with Crippen LogP contribution < -0.4 is 4.90 Å². The minimum absolute atomic E-state index is 0.118. The highest BCUT2D eigenvalue weighted by atomic mass is 35.5. The molecule has 1 aromatic rings. The summed E-state index contributed by atoms with van der Waals surface area (Å²) in [6.07, 6.45) is 0. The molecular weight excluding hydrogens is 240 g/mol. The second-order valence-electron chi connectivity index (χ2n) is 4.13. The van der Waals surface area contributed by atoms with Gasteiger partial charge in [-0.3, -0.25) is 4.79 Å². The summed E-state index contributed by atoms with van der Waals surface area (Å²) in [5.41, 5.74) is 0.856. The van der Waals surface area contributed by atoms with Crippen LogP contribution >= 0.6 is 11.6 Å². The summed E-state index contributed by atoms with van der Waals surface area (Å²) in [5.74, 6) is 0.769. The first-order chi connectivity index (χ1) is 8.06. The van der Waals surface area contributed by atoms with E-state index in [2.05, 4.69) is 14.9 Å². The van der Waals surface area contributed by atoms with Gasteiger partial charge in [-0.1, -0.05) is 11.6 Å². The lowest BCUT2D eigenvalue weighted by Crippen LogP contribution is -2.48. The highest BCUT2D eigenvalue weighted by Gasteiger charge is 2.20. The van der Waals surface area contributed by atoms with Gasteiger partial charge in [-0.05, 0) is 13.0 Å². The Morgan fingerprint density at radius 2 is 1.94 bits per heavy atom. The first kappa shape index (κ1) is 12.1. The summed E-state index contributed by atoms with van der Waals surface area (Å²) in [6, 6.07) is 1.73. The number of piperazine rings is 1. The Morgan fingerprint density at radius 1 is 1.29 bits per heavy atom. The molecule has 2 rings (SSSR count). The van der Waals surface area contributed by atoms with Crippen LogP contribution in [0.2, 0.25) is 5.15 Å². The maximum absolute atomic E-state index is 11.2. The fraction of sp³-hybridized carbons (Fsp3) is 0.545. The minimum atomic E-state index is 0.118. The van der Waals surface area contributed by atoms with E-state index in [0.717, 1.165) is 18.8 Å². The third-order valence-corrected chi connectivity index (χ3v) is 3.01. The number of amides is 1. The molecule has 2 heterocycles. The van der Waals surface area contributed by atoms with Crippen molar-refractivity contribution in [2.45, 2.75) is 13.8 Å². The Kier molecular flexibility index (Phi) is 3.47. The number of rotatable bonds is 1. The van der Waals surface area contributed by atoms with Crippen LogP contribution in [-0.4, -0.2) is 47.0 Å². The fourth-order valence-corrected chi connectivity index (χ4v) is 2.11. The molecule has 0 radical (unpaired) electrons. The molecule has 6 heteroatoms. The normalized spacial score (nSPS) is 16.2. The Bertz CT molecular complexity index is 409. The summed E-state index contributed by atoms with van der Waals surface area (Å²) in [5, 5.41) is 0.460. The molecule has 1 aliphatic heterocycles. The van der Waals surface area contributed by atoms with Gasteiger partial charge in [0.1, 0.15) is 5.15 Å². The van der Waals surface area contributed by atoms with E-state index in [1.165, 1.54) is 0 Å². The quantitative estimate of drug-likeness (QED) is 0.705. The molecule has 0 atom stereocenters. The molecule has 0 aliphatic carbocycles. The van der Waals surface area contributed by atoms with Gasteiger partial charge in [0, 0.05) is 38.8 Å². The smallest absolute Gasteiger partial charge is 0.227 e. The van der Waals surface area contributed by atoms with Crippen LogP contribution in [0.3, 0.4) is 0 Å². The van der Waals surface area contributed by atoms with Crippen LogP contribution in [0, 0.1) is 6.92 Å². The Labute approximate surface area is 105 Å². The maximum atomic E-state index is 11.2. The third-order valence-electron chi connectivity index (χ3n) is 2.82. The standard InChI is InChI=1S/C11H15ClN4O/c1-8-7-10(12)14-11(13-8)16-5-3-15(4-6-16)9(2)17/h7H,3-6H2,1-2H3. The van der Waals surface area contributed by atoms with Crippen molar-refractivity contribution >= 4 is 23.5 Å². The zero-order valence-electron chi connectivity index (χ0n) is 9.98. The Balaban J connectivity index is 2.07. The van der Waals surface area contributed by atoms with E-state index in [1.807, 2.05) is 11.8 Å². The average molecular weight is 255 g/mol. The molecule has 92 valence electrons. The van der Waals surface area contributed by atoms with Crippen LogP contribution in [0.5, 0.6) is 0 Å². The summed E-state index contributed by atoms with van der Waals surface area (Å²) < 4.78 is 0. The van der Waals surface area contributed by atoms with Gasteiger partial charge in [-0.25, -0.2) is 9.97 Å². The summed E-state index contributed by atoms with van der Waals surface area (Å²) in [4.78, 5) is 23.6. The molecule has 5 nitrogen and oxygen atoms in total. The molecule has 0 N–H and O–H groups in total. The second-order valence-corrected chi connectivity index (χ2v) is 4.51. The van der Waals surface area contributed by atoms with Crippen LogP contribution in [0.25, 0.3) is 0 Å². The molecule has 0 bridgehead atoms. The van der Waals surface area contributed by atoms with Crippen molar-refractivity contribution in [2.75, 3.05) is 31.1 Å². The number of carbonyl (C=O) groups is 1. The highest BCUT2D eigenvalue weighted by Crippen LogP contribution is 2.15. The van der Waals surface area contributed by atoms with Gasteiger partial charge in [0.15, 0.2) is 0 Å². The van der Waals surface area contributed by atoms with Gasteiger partial charge in [-0.15, -0.1) is 0 Å². The van der Waals surface area contributed by atoms with Gasteiger partial charge in [0.2, 0.25) is 11.9 Å². The third kappa shape index (κ3) is 2.85. The SMILES string of the molecule is CC(=O)N1CCN(c2nc(C)cc(Cl)n2)CC1. The lowest BCUT2D eigenvalue weighted by atomic mass is 10.3. The molecule has 1 aliphatic rings. The van der Waals surface area contributed by atoms with Crippen molar-refractivity contribution in [1.29, 1.82) is 0 Å². The predicted octanol–water partition coefficient (Wildman–Crippen LogP) is 1.11. The molecule has 1 fully saturated rings. The summed E-state index contributed by atoms with van der Waals surface area (Å²) in [7, 11) is 0. The first-order valence-electron chi connectivity index (χ1n) is 5.58. The van der Waals surface area contributed by atoms with Crippen molar-refractivity contribution in [3.63, 3.8) is 0 Å². The van der Waals surface area contributed by atoms with E-state index in [1.54, 1.807) is 13.0 Å². The molecule has 0 unspecified atom stereocenters. The number of halogens is 1. The number of aryl methyl sites for hydroxylation is 1. The molecule has 0 aromatic carbocycles. The zero-order valence-corrected chi connectivity index (χ0v) is 10.7. The van der Waals surface area contributed by atoms with Gasteiger partial charge in [-0.2, -0.15) is 0 Å². The van der Waals surface area contributed by atoms with Crippen molar-refractivity contribution < 1.29 is 4.79 Å². The molecule has 1 amide bonds. The Morgan fingerprint density at radius 3 is 2.47 bits per heavy atom. The lowest BCUT2D eigenvalue weighted by molar-refractivity contribution is -0.129. The minimum Gasteiger partial charge on any atom is -0.339 e. The maximum Gasteiger partial charge on any atom is 0.227 e. The topological polar surface area (TPSA) is 49.3 Å². The van der Waals surface area contributed by atoms with Gasteiger partial charge < -0.3 is 9.80 Å². The molecule has 0 spiro atoms. The van der Waals surface area contributed by atoms with Crippen LogP contribution in [0.1, 0.15) is 12.6 Å². The van der Waals surface area contributed by atoms with Crippen molar-refractivity contribution in [1.82, 2.24) is 14.9 Å². The van der Waals surface area contributed by atoms with E-state index in [-0.39, 0.29) is 5.91 Å². The molecular formula is C11H15ClN4O. The van der Waals surface area contributed by atoms with Crippen LogP contribution in [0.15, 0.2) is 6.07 Å². The molecule has 17 heavy (non-hydrogen) atoms. The van der Waals surface area contributed by atoms with E-state index in [9.17, 15) is 4.79 Å². The van der Waals surface area contributed by atoms with Crippen molar-refractivity contribution in [2.24, 2.45) is 0 Å². The monoisotopic (exact) mass is 254 g/mol. The Hall–Kier alpha value is -1.36. The number of hydrogen-bond acceptors (Lipinski definition) is 4. The summed E-state index contributed by atoms with van der Waals surface area (Å²) in [6.45, 7) is 6.41. The predicted molar refractivity (Wildman–Crippen MR) is 66.2 cm³/mol. The number of nitrogens with zero attached hydrogens (tertiary/aromatic N) is 4. The lowest BCUT2D eigenvalue weighted by Gasteiger charge is -2.34. The second kappa shape index (κ2) is 4.87. The molecule has 1 saturated heterocycles. The van der Waals surface area contributed by atoms with Crippen molar-refractivity contribution in [3.05, 3.63) is 16.9 Å².